The Balaban J connectivity index is 1.73. The molecular formula is C21H21N3O. The molecule has 25 heavy (non-hydrogen) atoms. The molecule has 2 aromatic carbocycles. The molecule has 0 aliphatic rings. The molecule has 0 aliphatic carbocycles. The molecule has 1 atom stereocenters. The normalized spacial score (nSPS) is 11.8. The Kier molecular flexibility index (Phi) is 5.21. The van der Waals surface area contributed by atoms with Gasteiger partial charge in [-0.15, -0.1) is 0 Å². The maximum absolute atomic E-state index is 12.5. The Bertz CT molecular complexity index is 827. The van der Waals surface area contributed by atoms with Crippen molar-refractivity contribution in [3.63, 3.8) is 0 Å². The Morgan fingerprint density at radius 1 is 0.960 bits per heavy atom. The number of aryl methyl sites for hydroxylation is 1. The van der Waals surface area contributed by atoms with Gasteiger partial charge in [-0.1, -0.05) is 42.0 Å². The van der Waals surface area contributed by atoms with E-state index >= 15 is 0 Å². The summed E-state index contributed by atoms with van der Waals surface area (Å²) in [5.41, 5.74) is 10.8. The molecule has 0 saturated carbocycles. The maximum Gasteiger partial charge on any atom is 0.251 e. The molecule has 3 rings (SSSR count). The minimum absolute atomic E-state index is 0.127. The highest BCUT2D eigenvalue weighted by Crippen LogP contribution is 2.19. The van der Waals surface area contributed by atoms with Crippen molar-refractivity contribution >= 4 is 5.91 Å². The van der Waals surface area contributed by atoms with E-state index in [1.165, 1.54) is 5.56 Å². The van der Waals surface area contributed by atoms with Gasteiger partial charge in [0.15, 0.2) is 0 Å². The predicted octanol–water partition coefficient (Wildman–Crippen LogP) is 3.49. The summed E-state index contributed by atoms with van der Waals surface area (Å²) in [7, 11) is 0. The van der Waals surface area contributed by atoms with Gasteiger partial charge in [0.2, 0.25) is 0 Å². The lowest BCUT2D eigenvalue weighted by Gasteiger charge is -2.17. The van der Waals surface area contributed by atoms with Crippen molar-refractivity contribution in [1.29, 1.82) is 0 Å². The van der Waals surface area contributed by atoms with Crippen LogP contribution in [0.4, 0.5) is 0 Å². The first kappa shape index (κ1) is 16.9. The number of hydrogen-bond acceptors (Lipinski definition) is 3. The van der Waals surface area contributed by atoms with Gasteiger partial charge in [-0.25, -0.2) is 0 Å². The largest absolute Gasteiger partial charge is 0.344 e. The Morgan fingerprint density at radius 2 is 1.56 bits per heavy atom. The molecule has 0 spiro atoms. The van der Waals surface area contributed by atoms with Crippen molar-refractivity contribution in [2.75, 3.05) is 6.54 Å². The van der Waals surface area contributed by atoms with Crippen LogP contribution >= 0.6 is 0 Å². The van der Waals surface area contributed by atoms with Crippen molar-refractivity contribution in [2.24, 2.45) is 5.73 Å². The lowest BCUT2D eigenvalue weighted by atomic mass is 10.0. The molecule has 3 aromatic rings. The number of pyridine rings is 1. The molecule has 1 amide bonds. The number of aromatic nitrogens is 1. The molecule has 0 saturated heterocycles. The van der Waals surface area contributed by atoms with E-state index in [1.54, 1.807) is 12.4 Å². The second-order valence-corrected chi connectivity index (χ2v) is 5.99. The van der Waals surface area contributed by atoms with E-state index in [0.717, 1.165) is 16.7 Å². The van der Waals surface area contributed by atoms with Crippen LogP contribution in [0, 0.1) is 6.92 Å². The Labute approximate surface area is 147 Å². The van der Waals surface area contributed by atoms with Crippen molar-refractivity contribution in [3.05, 3.63) is 89.7 Å². The van der Waals surface area contributed by atoms with Crippen LogP contribution in [0.2, 0.25) is 0 Å². The van der Waals surface area contributed by atoms with E-state index in [4.69, 9.17) is 5.73 Å². The van der Waals surface area contributed by atoms with Crippen LogP contribution in [0.1, 0.15) is 27.5 Å². The van der Waals surface area contributed by atoms with Crippen LogP contribution in [-0.2, 0) is 0 Å². The minimum atomic E-state index is -0.201. The first-order valence-electron chi connectivity index (χ1n) is 8.25. The molecule has 1 heterocycles. The van der Waals surface area contributed by atoms with Crippen molar-refractivity contribution in [1.82, 2.24) is 10.3 Å². The van der Waals surface area contributed by atoms with E-state index in [0.29, 0.717) is 12.1 Å². The van der Waals surface area contributed by atoms with Crippen LogP contribution in [0.25, 0.3) is 11.1 Å². The number of nitrogens with two attached hydrogens (primary N) is 1. The average molecular weight is 331 g/mol. The molecule has 0 aliphatic heterocycles. The highest BCUT2D eigenvalue weighted by atomic mass is 16.1. The first-order valence-corrected chi connectivity index (χ1v) is 8.25. The van der Waals surface area contributed by atoms with E-state index in [1.807, 2.05) is 67.6 Å². The number of amides is 1. The van der Waals surface area contributed by atoms with Crippen LogP contribution in [0.3, 0.4) is 0 Å². The smallest absolute Gasteiger partial charge is 0.251 e. The lowest BCUT2D eigenvalue weighted by Crippen LogP contribution is -2.33. The number of carbonyl (C=O) groups is 1. The number of rotatable bonds is 5. The quantitative estimate of drug-likeness (QED) is 0.752. The molecular weight excluding hydrogens is 310 g/mol. The summed E-state index contributed by atoms with van der Waals surface area (Å²) in [6.45, 7) is 2.38. The molecule has 1 aromatic heterocycles. The fourth-order valence-corrected chi connectivity index (χ4v) is 2.68. The number of benzene rings is 2. The van der Waals surface area contributed by atoms with Crippen molar-refractivity contribution in [2.45, 2.75) is 13.0 Å². The topological polar surface area (TPSA) is 68.0 Å². The second kappa shape index (κ2) is 7.73. The zero-order valence-electron chi connectivity index (χ0n) is 14.1. The summed E-state index contributed by atoms with van der Waals surface area (Å²) in [5, 5.41) is 3.00. The predicted molar refractivity (Wildman–Crippen MR) is 100 cm³/mol. The monoisotopic (exact) mass is 331 g/mol. The maximum atomic E-state index is 12.5. The van der Waals surface area contributed by atoms with Gasteiger partial charge in [-0.3, -0.25) is 9.78 Å². The van der Waals surface area contributed by atoms with Gasteiger partial charge >= 0.3 is 0 Å². The molecule has 4 heteroatoms. The zero-order valence-corrected chi connectivity index (χ0v) is 14.1. The van der Waals surface area contributed by atoms with Crippen molar-refractivity contribution < 1.29 is 4.79 Å². The molecule has 1 unspecified atom stereocenters. The number of nitrogens with zero attached hydrogens (tertiary/aromatic N) is 1. The Morgan fingerprint density at radius 3 is 2.16 bits per heavy atom. The fourth-order valence-electron chi connectivity index (χ4n) is 2.68. The third-order valence-corrected chi connectivity index (χ3v) is 4.18. The van der Waals surface area contributed by atoms with Gasteiger partial charge in [-0.05, 0) is 47.9 Å². The number of carbonyl (C=O) groups excluding carboxylic acids is 1. The SMILES string of the molecule is Cc1ccc(C(CN)NC(=O)c2ccc(-c3ccncc3)cc2)cc1. The molecule has 0 bridgehead atoms. The van der Waals surface area contributed by atoms with E-state index in [2.05, 4.69) is 10.3 Å². The zero-order chi connectivity index (χ0) is 17.6. The second-order valence-electron chi connectivity index (χ2n) is 5.99. The van der Waals surface area contributed by atoms with Crippen molar-refractivity contribution in [3.8, 4) is 11.1 Å². The molecule has 126 valence electrons. The first-order chi connectivity index (χ1) is 12.2. The molecule has 0 fully saturated rings. The van der Waals surface area contributed by atoms with E-state index < -0.39 is 0 Å². The third kappa shape index (κ3) is 4.11. The highest BCUT2D eigenvalue weighted by molar-refractivity contribution is 5.95. The summed E-state index contributed by atoms with van der Waals surface area (Å²) < 4.78 is 0. The average Bonchev–Trinajstić information content (AvgIpc) is 2.67. The summed E-state index contributed by atoms with van der Waals surface area (Å²) in [5.74, 6) is -0.127. The minimum Gasteiger partial charge on any atom is -0.344 e. The van der Waals surface area contributed by atoms with Gasteiger partial charge in [0.25, 0.3) is 5.91 Å². The van der Waals surface area contributed by atoms with Crippen LogP contribution in [-0.4, -0.2) is 17.4 Å². The van der Waals surface area contributed by atoms with Gasteiger partial charge < -0.3 is 11.1 Å². The van der Waals surface area contributed by atoms with Crippen LogP contribution < -0.4 is 11.1 Å². The molecule has 4 nitrogen and oxygen atoms in total. The van der Waals surface area contributed by atoms with Gasteiger partial charge in [0, 0.05) is 24.5 Å². The summed E-state index contributed by atoms with van der Waals surface area (Å²) in [4.78, 5) is 16.5. The third-order valence-electron chi connectivity index (χ3n) is 4.18. The standard InChI is InChI=1S/C21H21N3O/c1-15-2-4-18(5-3-15)20(14-22)24-21(25)19-8-6-16(7-9-19)17-10-12-23-13-11-17/h2-13,20H,14,22H2,1H3,(H,24,25). The fraction of sp³-hybridized carbons (Fsp3) is 0.143. The summed E-state index contributed by atoms with van der Waals surface area (Å²) in [6.07, 6.45) is 3.51. The number of nitrogens with one attached hydrogen (secondary N) is 1. The number of hydrogen-bond donors (Lipinski definition) is 2. The molecule has 3 N–H and O–H groups in total. The summed E-state index contributed by atoms with van der Waals surface area (Å²) in [6, 6.07) is 19.3. The van der Waals surface area contributed by atoms with Crippen LogP contribution in [0.5, 0.6) is 0 Å². The highest BCUT2D eigenvalue weighted by Gasteiger charge is 2.14. The molecule has 0 radical (unpaired) electrons. The van der Waals surface area contributed by atoms with E-state index in [-0.39, 0.29) is 11.9 Å². The van der Waals surface area contributed by atoms with Crippen LogP contribution in [0.15, 0.2) is 73.1 Å². The summed E-state index contributed by atoms with van der Waals surface area (Å²) >= 11 is 0. The van der Waals surface area contributed by atoms with Gasteiger partial charge in [0.05, 0.1) is 6.04 Å². The van der Waals surface area contributed by atoms with Gasteiger partial charge in [-0.2, -0.15) is 0 Å². The Hall–Kier alpha value is -2.98. The lowest BCUT2D eigenvalue weighted by molar-refractivity contribution is 0.0938. The van der Waals surface area contributed by atoms with Gasteiger partial charge in [0.1, 0.15) is 0 Å². The van der Waals surface area contributed by atoms with E-state index in [9.17, 15) is 4.79 Å².